The quantitative estimate of drug-likeness (QED) is 0.590. The molecule has 0 aliphatic heterocycles. The highest BCUT2D eigenvalue weighted by molar-refractivity contribution is 6.17. The van der Waals surface area contributed by atoms with E-state index in [1.54, 1.807) is 12.1 Å². The number of carbonyl (C=O) groups is 2. The summed E-state index contributed by atoms with van der Waals surface area (Å²) >= 11 is 0. The zero-order valence-electron chi connectivity index (χ0n) is 9.54. The molecule has 0 saturated carbocycles. The minimum absolute atomic E-state index is 0.114. The number of aromatic nitrogens is 2. The summed E-state index contributed by atoms with van der Waals surface area (Å²) in [7, 11) is 0. The van der Waals surface area contributed by atoms with Crippen molar-refractivity contribution in [2.24, 2.45) is 5.92 Å². The van der Waals surface area contributed by atoms with Crippen molar-refractivity contribution in [2.75, 3.05) is 0 Å². The number of carbonyl (C=O) groups excluding carboxylic acids is 2. The van der Waals surface area contributed by atoms with Crippen molar-refractivity contribution in [3.63, 3.8) is 0 Å². The van der Waals surface area contributed by atoms with Gasteiger partial charge in [-0.15, -0.1) is 0 Å². The number of fused-ring (bicyclic) bond motifs is 1. The Balaban J connectivity index is 1.94. The summed E-state index contributed by atoms with van der Waals surface area (Å²) in [6.45, 7) is 0. The maximum absolute atomic E-state index is 12.2. The van der Waals surface area contributed by atoms with Gasteiger partial charge in [0.2, 0.25) is 5.78 Å². The van der Waals surface area contributed by atoms with Gasteiger partial charge >= 0.3 is 0 Å². The molecular weight excluding hydrogens is 228 g/mol. The minimum Gasteiger partial charge on any atom is -0.293 e. The van der Waals surface area contributed by atoms with Crippen LogP contribution in [0.1, 0.15) is 26.5 Å². The lowest BCUT2D eigenvalue weighted by Gasteiger charge is -2.04. The summed E-state index contributed by atoms with van der Waals surface area (Å²) in [5, 5.41) is 0. The van der Waals surface area contributed by atoms with Crippen LogP contribution in [0.25, 0.3) is 0 Å². The number of hydrogen-bond acceptors (Lipinski definition) is 4. The second-order valence-electron chi connectivity index (χ2n) is 4.21. The van der Waals surface area contributed by atoms with E-state index in [0.29, 0.717) is 12.0 Å². The van der Waals surface area contributed by atoms with Crippen molar-refractivity contribution < 1.29 is 9.59 Å². The number of Topliss-reactive ketones (excluding diaryl/α,β-unsaturated/α-hetero) is 2. The zero-order chi connectivity index (χ0) is 12.5. The van der Waals surface area contributed by atoms with Crippen molar-refractivity contribution >= 4 is 11.6 Å². The molecule has 1 atom stereocenters. The standard InChI is InChI=1S/C14H10N2O2/c17-12-10-5-2-1-4-9(10)8-11(12)13(18)14-15-6-3-7-16-14/h1-7,11H,8H2. The molecule has 0 radical (unpaired) electrons. The van der Waals surface area contributed by atoms with Crippen molar-refractivity contribution in [3.05, 3.63) is 59.7 Å². The fraction of sp³-hybridized carbons (Fsp3) is 0.143. The molecular formula is C14H10N2O2. The first-order valence-electron chi connectivity index (χ1n) is 5.71. The van der Waals surface area contributed by atoms with E-state index < -0.39 is 5.92 Å². The van der Waals surface area contributed by atoms with Crippen LogP contribution in [0.3, 0.4) is 0 Å². The maximum atomic E-state index is 12.2. The summed E-state index contributed by atoms with van der Waals surface area (Å²) in [6.07, 6.45) is 3.46. The Bertz CT molecular complexity index is 623. The molecule has 1 aliphatic carbocycles. The van der Waals surface area contributed by atoms with E-state index in [9.17, 15) is 9.59 Å². The molecule has 1 aliphatic rings. The molecule has 3 rings (SSSR count). The van der Waals surface area contributed by atoms with E-state index in [1.807, 2.05) is 18.2 Å². The fourth-order valence-electron chi connectivity index (χ4n) is 2.23. The molecule has 0 spiro atoms. The molecule has 1 aromatic carbocycles. The molecule has 4 heteroatoms. The topological polar surface area (TPSA) is 59.9 Å². The Hall–Kier alpha value is -2.36. The first kappa shape index (κ1) is 10.8. The Labute approximate surface area is 104 Å². The van der Waals surface area contributed by atoms with Gasteiger partial charge in [0, 0.05) is 18.0 Å². The van der Waals surface area contributed by atoms with Crippen molar-refractivity contribution in [1.82, 2.24) is 9.97 Å². The van der Waals surface area contributed by atoms with E-state index in [2.05, 4.69) is 9.97 Å². The van der Waals surface area contributed by atoms with Crippen molar-refractivity contribution in [3.8, 4) is 0 Å². The van der Waals surface area contributed by atoms with Crippen LogP contribution in [-0.4, -0.2) is 21.5 Å². The van der Waals surface area contributed by atoms with Crippen LogP contribution in [0.5, 0.6) is 0 Å². The SMILES string of the molecule is O=C(c1ncccn1)C1Cc2ccccc2C1=O. The highest BCUT2D eigenvalue weighted by atomic mass is 16.2. The molecule has 4 nitrogen and oxygen atoms in total. The minimum atomic E-state index is -0.662. The van der Waals surface area contributed by atoms with Crippen LogP contribution >= 0.6 is 0 Å². The van der Waals surface area contributed by atoms with Crippen LogP contribution in [0, 0.1) is 5.92 Å². The predicted octanol–water partition coefficient (Wildman–Crippen LogP) is 1.71. The molecule has 1 heterocycles. The second kappa shape index (κ2) is 4.14. The normalized spacial score (nSPS) is 17.6. The van der Waals surface area contributed by atoms with Gasteiger partial charge < -0.3 is 0 Å². The van der Waals surface area contributed by atoms with E-state index in [0.717, 1.165) is 5.56 Å². The number of hydrogen-bond donors (Lipinski definition) is 0. The van der Waals surface area contributed by atoms with Gasteiger partial charge in [-0.25, -0.2) is 9.97 Å². The third-order valence-corrected chi connectivity index (χ3v) is 3.13. The first-order valence-corrected chi connectivity index (χ1v) is 5.71. The van der Waals surface area contributed by atoms with Gasteiger partial charge in [-0.3, -0.25) is 9.59 Å². The average Bonchev–Trinajstić information content (AvgIpc) is 2.77. The lowest BCUT2D eigenvalue weighted by atomic mass is 9.99. The molecule has 0 amide bonds. The molecule has 0 bridgehead atoms. The van der Waals surface area contributed by atoms with Crippen LogP contribution in [-0.2, 0) is 6.42 Å². The number of benzene rings is 1. The monoisotopic (exact) mass is 238 g/mol. The summed E-state index contributed by atoms with van der Waals surface area (Å²) in [5.74, 6) is -0.965. The number of rotatable bonds is 2. The number of ketones is 2. The molecule has 18 heavy (non-hydrogen) atoms. The van der Waals surface area contributed by atoms with Crippen molar-refractivity contribution in [2.45, 2.75) is 6.42 Å². The third-order valence-electron chi connectivity index (χ3n) is 3.13. The van der Waals surface area contributed by atoms with Gasteiger partial charge in [0.1, 0.15) is 0 Å². The van der Waals surface area contributed by atoms with Crippen LogP contribution < -0.4 is 0 Å². The maximum Gasteiger partial charge on any atom is 0.211 e. The molecule has 2 aromatic rings. The van der Waals surface area contributed by atoms with Gasteiger partial charge in [-0.2, -0.15) is 0 Å². The lowest BCUT2D eigenvalue weighted by Crippen LogP contribution is -2.22. The Morgan fingerprint density at radius 2 is 1.83 bits per heavy atom. The van der Waals surface area contributed by atoms with Gasteiger partial charge in [0.15, 0.2) is 11.6 Å². The average molecular weight is 238 g/mol. The van der Waals surface area contributed by atoms with Gasteiger partial charge in [-0.05, 0) is 18.1 Å². The van der Waals surface area contributed by atoms with E-state index >= 15 is 0 Å². The van der Waals surface area contributed by atoms with Crippen LogP contribution in [0.15, 0.2) is 42.7 Å². The first-order chi connectivity index (χ1) is 8.77. The molecule has 1 aromatic heterocycles. The van der Waals surface area contributed by atoms with E-state index in [4.69, 9.17) is 0 Å². The highest BCUT2D eigenvalue weighted by Crippen LogP contribution is 2.28. The smallest absolute Gasteiger partial charge is 0.211 e. The Kier molecular flexibility index (Phi) is 2.48. The summed E-state index contributed by atoms with van der Waals surface area (Å²) in [4.78, 5) is 32.1. The predicted molar refractivity (Wildman–Crippen MR) is 64.3 cm³/mol. The van der Waals surface area contributed by atoms with E-state index in [1.165, 1.54) is 12.4 Å². The Morgan fingerprint density at radius 1 is 1.11 bits per heavy atom. The van der Waals surface area contributed by atoms with E-state index in [-0.39, 0.29) is 17.4 Å². The summed E-state index contributed by atoms with van der Waals surface area (Å²) in [5.41, 5.74) is 1.57. The molecule has 0 saturated heterocycles. The number of nitrogens with zero attached hydrogens (tertiary/aromatic N) is 2. The molecule has 88 valence electrons. The lowest BCUT2D eigenvalue weighted by molar-refractivity contribution is 0.0815. The largest absolute Gasteiger partial charge is 0.293 e. The van der Waals surface area contributed by atoms with Gasteiger partial charge in [0.05, 0.1) is 5.92 Å². The second-order valence-corrected chi connectivity index (χ2v) is 4.21. The summed E-state index contributed by atoms with van der Waals surface area (Å²) in [6, 6.07) is 8.96. The third kappa shape index (κ3) is 1.62. The molecule has 0 N–H and O–H groups in total. The van der Waals surface area contributed by atoms with Crippen LogP contribution in [0.2, 0.25) is 0 Å². The summed E-state index contributed by atoms with van der Waals surface area (Å²) < 4.78 is 0. The molecule has 1 unspecified atom stereocenters. The highest BCUT2D eigenvalue weighted by Gasteiger charge is 2.36. The van der Waals surface area contributed by atoms with Gasteiger partial charge in [-0.1, -0.05) is 24.3 Å². The Morgan fingerprint density at radius 3 is 2.56 bits per heavy atom. The zero-order valence-corrected chi connectivity index (χ0v) is 9.54. The van der Waals surface area contributed by atoms with Crippen molar-refractivity contribution in [1.29, 1.82) is 0 Å². The van der Waals surface area contributed by atoms with Gasteiger partial charge in [0.25, 0.3) is 0 Å². The van der Waals surface area contributed by atoms with Crippen LogP contribution in [0.4, 0.5) is 0 Å². The molecule has 0 fully saturated rings. The fourth-order valence-corrected chi connectivity index (χ4v) is 2.23.